The molecule has 0 heteroatoms. The topological polar surface area (TPSA) is 0 Å². The molecule has 0 heterocycles. The van der Waals surface area contributed by atoms with Crippen molar-refractivity contribution in [1.82, 2.24) is 0 Å². The van der Waals surface area contributed by atoms with Crippen LogP contribution >= 0.6 is 0 Å². The summed E-state index contributed by atoms with van der Waals surface area (Å²) in [5.41, 5.74) is 13.1. The molecule has 1 atom stereocenters. The van der Waals surface area contributed by atoms with Gasteiger partial charge < -0.3 is 0 Å². The Labute approximate surface area is 230 Å². The second-order valence-corrected chi connectivity index (χ2v) is 11.2. The molecule has 0 aromatic heterocycles. The molecule has 8 rings (SSSR count). The summed E-state index contributed by atoms with van der Waals surface area (Å²) < 4.78 is 0. The molecule has 2 aliphatic rings. The smallest absolute Gasteiger partial charge is 0.0614 e. The first kappa shape index (κ1) is 22.4. The molecule has 1 saturated carbocycles. The Morgan fingerprint density at radius 1 is 0.436 bits per heavy atom. The molecular weight excluding hydrogens is 468 g/mol. The van der Waals surface area contributed by atoms with Crippen LogP contribution in [0.5, 0.6) is 0 Å². The maximum Gasteiger partial charge on any atom is 0.133 e. The fourth-order valence-electron chi connectivity index (χ4n) is 6.65. The summed E-state index contributed by atoms with van der Waals surface area (Å²) in [5, 5.41) is 2.54. The van der Waals surface area contributed by atoms with Crippen LogP contribution in [-0.2, 0) is 0 Å². The molecule has 0 spiro atoms. The quantitative estimate of drug-likeness (QED) is 0.183. The predicted molar refractivity (Wildman–Crippen MR) is 165 cm³/mol. The Morgan fingerprint density at radius 3 is 1.59 bits per heavy atom. The van der Waals surface area contributed by atoms with E-state index in [2.05, 4.69) is 133 Å². The van der Waals surface area contributed by atoms with Crippen LogP contribution in [-0.4, -0.2) is 0 Å². The van der Waals surface area contributed by atoms with E-state index in [0.29, 0.717) is 5.92 Å². The molecule has 0 radical (unpaired) electrons. The fourth-order valence-corrected chi connectivity index (χ4v) is 6.65. The summed E-state index contributed by atoms with van der Waals surface area (Å²) >= 11 is 0. The van der Waals surface area contributed by atoms with E-state index in [4.69, 9.17) is 0 Å². The fraction of sp³-hybridized carbons (Fsp3) is 0.103. The van der Waals surface area contributed by atoms with Gasteiger partial charge in [-0.15, -0.1) is 0 Å². The average Bonchev–Trinajstić information content (AvgIpc) is 3.51. The Balaban J connectivity index is 1.34. The molecule has 0 amide bonds. The highest BCUT2D eigenvalue weighted by Gasteiger charge is 2.32. The Kier molecular flexibility index (Phi) is 5.20. The zero-order chi connectivity index (χ0) is 25.8. The molecule has 1 fully saturated rings. The van der Waals surface area contributed by atoms with Crippen molar-refractivity contribution in [2.24, 2.45) is 0 Å². The van der Waals surface area contributed by atoms with Gasteiger partial charge in [-0.05, 0) is 98.1 Å². The van der Waals surface area contributed by atoms with Gasteiger partial charge in [0.1, 0.15) is 5.56 Å². The minimum Gasteiger partial charge on any atom is -0.0614 e. The van der Waals surface area contributed by atoms with E-state index in [1.165, 1.54) is 79.2 Å². The molecular formula is C39H29+. The first-order valence-corrected chi connectivity index (χ1v) is 14.1. The van der Waals surface area contributed by atoms with E-state index in [1.807, 2.05) is 0 Å². The molecule has 0 saturated heterocycles. The van der Waals surface area contributed by atoms with E-state index in [1.54, 1.807) is 5.92 Å². The molecule has 0 N–H and O–H groups in total. The van der Waals surface area contributed by atoms with Gasteiger partial charge in [-0.2, -0.15) is 0 Å². The third kappa shape index (κ3) is 4.04. The van der Waals surface area contributed by atoms with E-state index >= 15 is 0 Å². The van der Waals surface area contributed by atoms with Crippen molar-refractivity contribution in [3.8, 4) is 44.5 Å². The zero-order valence-corrected chi connectivity index (χ0v) is 21.9. The number of rotatable bonds is 0. The summed E-state index contributed by atoms with van der Waals surface area (Å²) in [4.78, 5) is 0. The van der Waals surface area contributed by atoms with Crippen molar-refractivity contribution < 1.29 is 0 Å². The lowest BCUT2D eigenvalue weighted by molar-refractivity contribution is 0.728. The minimum atomic E-state index is 0.577. The second kappa shape index (κ2) is 9.03. The lowest BCUT2D eigenvalue weighted by Crippen LogP contribution is -1.97. The molecule has 0 nitrogen and oxygen atoms in total. The maximum atomic E-state index is 2.43. The highest BCUT2D eigenvalue weighted by atomic mass is 14.3. The molecule has 184 valence electrons. The largest absolute Gasteiger partial charge is 0.133 e. The lowest BCUT2D eigenvalue weighted by Gasteiger charge is -2.13. The van der Waals surface area contributed by atoms with Crippen molar-refractivity contribution in [2.45, 2.75) is 25.2 Å². The van der Waals surface area contributed by atoms with Gasteiger partial charge in [0.25, 0.3) is 0 Å². The van der Waals surface area contributed by atoms with Gasteiger partial charge in [0, 0.05) is 36.3 Å². The molecule has 6 aromatic rings. The number of benzene rings is 6. The summed E-state index contributed by atoms with van der Waals surface area (Å²) in [6.45, 7) is 0. The highest BCUT2D eigenvalue weighted by molar-refractivity contribution is 5.91. The molecule has 6 aromatic carbocycles. The summed E-state index contributed by atoms with van der Waals surface area (Å²) in [5.74, 6) is 2.16. The normalized spacial score (nSPS) is 15.6. The van der Waals surface area contributed by atoms with Crippen molar-refractivity contribution in [3.63, 3.8) is 0 Å². The molecule has 1 unspecified atom stereocenters. The summed E-state index contributed by atoms with van der Waals surface area (Å²) in [7, 11) is 0. The first-order chi connectivity index (χ1) is 19.3. The van der Waals surface area contributed by atoms with Crippen molar-refractivity contribution in [1.29, 1.82) is 0 Å². The lowest BCUT2D eigenvalue weighted by atomic mass is 9.89. The molecule has 2 aliphatic carbocycles. The van der Waals surface area contributed by atoms with Crippen molar-refractivity contribution in [2.75, 3.05) is 0 Å². The average molecular weight is 498 g/mol. The molecule has 13 bridgehead atoms. The Morgan fingerprint density at radius 2 is 0.949 bits per heavy atom. The van der Waals surface area contributed by atoms with Crippen LogP contribution < -0.4 is 0 Å². The van der Waals surface area contributed by atoms with Gasteiger partial charge in [-0.3, -0.25) is 0 Å². The van der Waals surface area contributed by atoms with E-state index in [-0.39, 0.29) is 0 Å². The Bertz CT molecular complexity index is 1720. The van der Waals surface area contributed by atoms with Crippen LogP contribution in [0.4, 0.5) is 0 Å². The van der Waals surface area contributed by atoms with E-state index in [9.17, 15) is 0 Å². The number of hydrogen-bond donors (Lipinski definition) is 0. The van der Waals surface area contributed by atoms with Gasteiger partial charge in [0.05, 0.1) is 6.07 Å². The van der Waals surface area contributed by atoms with Crippen LogP contribution in [0, 0.1) is 5.92 Å². The predicted octanol–water partition coefficient (Wildman–Crippen LogP) is 10.7. The van der Waals surface area contributed by atoms with Crippen molar-refractivity contribution in [3.05, 3.63) is 151 Å². The summed E-state index contributed by atoms with van der Waals surface area (Å²) in [6.07, 6.45) is 3.53. The van der Waals surface area contributed by atoms with Crippen LogP contribution in [0.2, 0.25) is 0 Å². The van der Waals surface area contributed by atoms with E-state index < -0.39 is 0 Å². The number of fused-ring (bicyclic) bond motifs is 18. The van der Waals surface area contributed by atoms with Gasteiger partial charge in [0.2, 0.25) is 0 Å². The monoisotopic (exact) mass is 497 g/mol. The van der Waals surface area contributed by atoms with Crippen molar-refractivity contribution >= 4 is 10.8 Å². The Hall–Kier alpha value is -4.55. The van der Waals surface area contributed by atoms with Crippen LogP contribution in [0.3, 0.4) is 0 Å². The molecule has 0 aliphatic heterocycles. The van der Waals surface area contributed by atoms with E-state index in [0.717, 1.165) is 6.42 Å². The molecule has 39 heavy (non-hydrogen) atoms. The van der Waals surface area contributed by atoms with Crippen LogP contribution in [0.15, 0.2) is 133 Å². The van der Waals surface area contributed by atoms with Crippen LogP contribution in [0.1, 0.15) is 36.3 Å². The van der Waals surface area contributed by atoms with Gasteiger partial charge >= 0.3 is 0 Å². The van der Waals surface area contributed by atoms with Gasteiger partial charge in [-0.25, -0.2) is 0 Å². The minimum absolute atomic E-state index is 0.577. The maximum absolute atomic E-state index is 2.43. The van der Waals surface area contributed by atoms with Gasteiger partial charge in [-0.1, -0.05) is 84.9 Å². The number of hydrogen-bond acceptors (Lipinski definition) is 0. The standard InChI is InChI=1S/C39H29/c1-5-27-19-31(9-1)35-17-18-36(23-35)32-10-2-6-28(20-32)30-8-4-12-34(22-30)38-16-14-26-13-15-37(24-39(26)25-38)33-11-3-7-29(27)21-33/h1-16,19-22,24-25,35H,17-18,23H2/q+1. The third-order valence-corrected chi connectivity index (χ3v) is 8.81. The van der Waals surface area contributed by atoms with Gasteiger partial charge in [0.15, 0.2) is 0 Å². The van der Waals surface area contributed by atoms with Crippen LogP contribution in [0.25, 0.3) is 55.3 Å². The zero-order valence-electron chi connectivity index (χ0n) is 21.9. The first-order valence-electron chi connectivity index (χ1n) is 14.1. The SMILES string of the molecule is c1cc2cc(c1)-c1ccc3ccc(cc3c1)-c1cccc(c1)-c1cccc(c1)C1CC[C+](C1)c1cccc-2c1. The highest BCUT2D eigenvalue weighted by Crippen LogP contribution is 2.44. The second-order valence-electron chi connectivity index (χ2n) is 11.2. The summed E-state index contributed by atoms with van der Waals surface area (Å²) in [6, 6.07) is 50.2. The third-order valence-electron chi connectivity index (χ3n) is 8.81.